The van der Waals surface area contributed by atoms with Crippen LogP contribution in [0.25, 0.3) is 16.6 Å². The first-order valence-electron chi connectivity index (χ1n) is 17.5. The molecule has 53 heavy (non-hydrogen) atoms. The number of pyridine rings is 2. The standard InChI is InChI=1S/C39H40ClN7O5S/c1-25-18-31(47(49)50)20-34(43-25)38(48)44-53(51)36-9-8-30(21-35(36)52-32-19-27-11-13-41-37(27)42-23-32)46-16-14-45(15-17-46)24-28-10-12-39(2,3)22-33(28)26-4-6-29(40)7-5-26/h4-9,11,13,18-21,23H,10,12,14-17,22,24H2,1-3H3,(H,41,42)(H,44,48). The normalized spacial score (nSPS) is 16.8. The van der Waals surface area contributed by atoms with Gasteiger partial charge in [0, 0.05) is 78.9 Å². The molecule has 1 atom stereocenters. The number of halogens is 1. The number of nitrogens with one attached hydrogen (secondary N) is 2. The number of nitro groups is 1. The average molecular weight is 754 g/mol. The highest BCUT2D eigenvalue weighted by molar-refractivity contribution is 7.83. The molecular weight excluding hydrogens is 714 g/mol. The highest BCUT2D eigenvalue weighted by atomic mass is 35.5. The molecule has 274 valence electrons. The number of hydrogen-bond donors (Lipinski definition) is 2. The quantitative estimate of drug-likeness (QED) is 0.108. The highest BCUT2D eigenvalue weighted by Gasteiger charge is 2.30. The summed E-state index contributed by atoms with van der Waals surface area (Å²) in [6.07, 6.45) is 6.62. The van der Waals surface area contributed by atoms with E-state index < -0.39 is 21.8 Å². The predicted molar refractivity (Wildman–Crippen MR) is 207 cm³/mol. The van der Waals surface area contributed by atoms with E-state index in [2.05, 4.69) is 55.5 Å². The number of fused-ring (bicyclic) bond motifs is 1. The van der Waals surface area contributed by atoms with Crippen LogP contribution in [0, 0.1) is 22.5 Å². The Morgan fingerprint density at radius 3 is 2.60 bits per heavy atom. The van der Waals surface area contributed by atoms with E-state index in [1.54, 1.807) is 25.4 Å². The number of nitrogens with zero attached hydrogens (tertiary/aromatic N) is 5. The van der Waals surface area contributed by atoms with Crippen molar-refractivity contribution in [1.82, 2.24) is 24.6 Å². The minimum absolute atomic E-state index is 0.211. The van der Waals surface area contributed by atoms with Crippen LogP contribution in [0.15, 0.2) is 89.6 Å². The minimum Gasteiger partial charge on any atom is -0.454 e. The van der Waals surface area contributed by atoms with Crippen LogP contribution in [0.1, 0.15) is 54.9 Å². The Kier molecular flexibility index (Phi) is 10.3. The van der Waals surface area contributed by atoms with E-state index in [0.29, 0.717) is 11.4 Å². The first-order valence-corrected chi connectivity index (χ1v) is 19.0. The van der Waals surface area contributed by atoms with Crippen molar-refractivity contribution < 1.29 is 18.7 Å². The number of amides is 1. The third kappa shape index (κ3) is 8.43. The summed E-state index contributed by atoms with van der Waals surface area (Å²) in [5.74, 6) is -0.0985. The van der Waals surface area contributed by atoms with Gasteiger partial charge in [0.1, 0.15) is 27.7 Å². The molecular formula is C39H40ClN7O5S. The second kappa shape index (κ2) is 15.1. The van der Waals surface area contributed by atoms with E-state index >= 15 is 0 Å². The van der Waals surface area contributed by atoms with Crippen LogP contribution in [-0.2, 0) is 11.0 Å². The monoisotopic (exact) mass is 753 g/mol. The van der Waals surface area contributed by atoms with Crippen molar-refractivity contribution in [2.45, 2.75) is 44.9 Å². The molecule has 1 fully saturated rings. The number of anilines is 1. The van der Waals surface area contributed by atoms with Gasteiger partial charge in [-0.25, -0.2) is 14.2 Å². The van der Waals surface area contributed by atoms with Gasteiger partial charge in [-0.15, -0.1) is 0 Å². The van der Waals surface area contributed by atoms with Crippen LogP contribution in [0.5, 0.6) is 11.5 Å². The van der Waals surface area contributed by atoms with Crippen molar-refractivity contribution in [3.05, 3.63) is 117 Å². The fourth-order valence-electron chi connectivity index (χ4n) is 6.99. The topological polar surface area (TPSA) is 147 Å². The minimum atomic E-state index is -2.09. The van der Waals surface area contributed by atoms with Gasteiger partial charge < -0.3 is 14.6 Å². The van der Waals surface area contributed by atoms with Crippen LogP contribution in [0.2, 0.25) is 5.02 Å². The first kappa shape index (κ1) is 36.3. The van der Waals surface area contributed by atoms with E-state index in [0.717, 1.165) is 74.1 Å². The molecule has 2 aliphatic rings. The van der Waals surface area contributed by atoms with Gasteiger partial charge in [-0.05, 0) is 79.1 Å². The van der Waals surface area contributed by atoms with Gasteiger partial charge in [-0.1, -0.05) is 43.2 Å². The largest absolute Gasteiger partial charge is 0.454 e. The van der Waals surface area contributed by atoms with E-state index in [-0.39, 0.29) is 33.1 Å². The molecule has 2 aromatic carbocycles. The summed E-state index contributed by atoms with van der Waals surface area (Å²) in [4.78, 5) is 40.5. The highest BCUT2D eigenvalue weighted by Crippen LogP contribution is 2.43. The molecule has 5 aromatic rings. The zero-order valence-corrected chi connectivity index (χ0v) is 31.3. The molecule has 7 rings (SSSR count). The number of carbonyl (C=O) groups is 1. The zero-order valence-electron chi connectivity index (χ0n) is 29.7. The predicted octanol–water partition coefficient (Wildman–Crippen LogP) is 7.86. The van der Waals surface area contributed by atoms with Gasteiger partial charge >= 0.3 is 0 Å². The molecule has 14 heteroatoms. The van der Waals surface area contributed by atoms with Crippen molar-refractivity contribution >= 4 is 56.5 Å². The number of ether oxygens (including phenoxy) is 1. The lowest BCUT2D eigenvalue weighted by molar-refractivity contribution is -0.385. The van der Waals surface area contributed by atoms with Crippen molar-refractivity contribution in [1.29, 1.82) is 0 Å². The maximum absolute atomic E-state index is 13.7. The lowest BCUT2D eigenvalue weighted by Crippen LogP contribution is -2.47. The average Bonchev–Trinajstić information content (AvgIpc) is 3.61. The summed E-state index contributed by atoms with van der Waals surface area (Å²) < 4.78 is 22.5. The van der Waals surface area contributed by atoms with Gasteiger partial charge in [0.25, 0.3) is 11.6 Å². The lowest BCUT2D eigenvalue weighted by Gasteiger charge is -2.39. The molecule has 2 N–H and O–H groups in total. The number of H-pyrrole nitrogens is 1. The van der Waals surface area contributed by atoms with Gasteiger partial charge in [0.15, 0.2) is 11.0 Å². The maximum atomic E-state index is 13.7. The summed E-state index contributed by atoms with van der Waals surface area (Å²) in [7, 11) is -2.09. The summed E-state index contributed by atoms with van der Waals surface area (Å²) >= 11 is 6.22. The second-order valence-electron chi connectivity index (χ2n) is 14.3. The SMILES string of the molecule is Cc1cc([N+](=O)[O-])cc(C(=O)NS(=O)c2ccc(N3CCN(CC4=C(c5ccc(Cl)cc5)CC(C)(C)CC4)CC3)cc2Oc2cnc3[nH]ccc3c2)n1. The Hall–Kier alpha value is -5.11. The van der Waals surface area contributed by atoms with Gasteiger partial charge in [0.05, 0.1) is 11.1 Å². The molecule has 0 saturated carbocycles. The molecule has 1 aliphatic heterocycles. The molecule has 0 bridgehead atoms. The second-order valence-corrected chi connectivity index (χ2v) is 15.9. The van der Waals surface area contributed by atoms with E-state index in [1.807, 2.05) is 36.4 Å². The number of aryl methyl sites for hydroxylation is 1. The molecule has 1 amide bonds. The number of hydrogen-bond acceptors (Lipinski definition) is 9. The number of rotatable bonds is 10. The van der Waals surface area contributed by atoms with Crippen LogP contribution < -0.4 is 14.4 Å². The van der Waals surface area contributed by atoms with Gasteiger partial charge in [0.2, 0.25) is 0 Å². The Balaban J connectivity index is 1.10. The van der Waals surface area contributed by atoms with Crippen LogP contribution in [0.3, 0.4) is 0 Å². The third-order valence-corrected chi connectivity index (χ3v) is 11.2. The smallest absolute Gasteiger partial charge is 0.282 e. The molecule has 12 nitrogen and oxygen atoms in total. The van der Waals surface area contributed by atoms with E-state index in [9.17, 15) is 19.1 Å². The number of aromatic nitrogens is 3. The Labute approximate surface area is 315 Å². The van der Waals surface area contributed by atoms with Crippen molar-refractivity contribution in [2.24, 2.45) is 5.41 Å². The molecule has 1 saturated heterocycles. The Bertz CT molecular complexity index is 2250. The number of aromatic amines is 1. The Morgan fingerprint density at radius 1 is 1.08 bits per heavy atom. The maximum Gasteiger partial charge on any atom is 0.282 e. The molecule has 0 radical (unpaired) electrons. The van der Waals surface area contributed by atoms with Crippen LogP contribution in [0.4, 0.5) is 11.4 Å². The molecule has 1 aliphatic carbocycles. The Morgan fingerprint density at radius 2 is 1.85 bits per heavy atom. The molecule has 4 heterocycles. The van der Waals surface area contributed by atoms with Crippen molar-refractivity contribution in [3.8, 4) is 11.5 Å². The zero-order chi connectivity index (χ0) is 37.3. The summed E-state index contributed by atoms with van der Waals surface area (Å²) in [6.45, 7) is 10.4. The number of allylic oxidation sites excluding steroid dienone is 1. The van der Waals surface area contributed by atoms with Crippen molar-refractivity contribution in [2.75, 3.05) is 37.6 Å². The van der Waals surface area contributed by atoms with Crippen LogP contribution in [-0.4, -0.2) is 67.6 Å². The number of piperazine rings is 1. The van der Waals surface area contributed by atoms with Gasteiger partial charge in [-0.2, -0.15) is 0 Å². The fraction of sp³-hybridized carbons (Fsp3) is 0.308. The summed E-state index contributed by atoms with van der Waals surface area (Å²) in [6, 6.07) is 19.6. The number of benzene rings is 2. The van der Waals surface area contributed by atoms with E-state index in [1.165, 1.54) is 22.8 Å². The molecule has 1 unspecified atom stereocenters. The van der Waals surface area contributed by atoms with Gasteiger partial charge in [-0.3, -0.25) is 24.5 Å². The lowest BCUT2D eigenvalue weighted by atomic mass is 9.72. The molecule has 3 aromatic heterocycles. The van der Waals surface area contributed by atoms with Crippen molar-refractivity contribution in [3.63, 3.8) is 0 Å². The fourth-order valence-corrected chi connectivity index (χ4v) is 7.97. The van der Waals surface area contributed by atoms with E-state index in [4.69, 9.17) is 16.3 Å². The summed E-state index contributed by atoms with van der Waals surface area (Å²) in [5.41, 5.74) is 5.81. The number of carbonyl (C=O) groups excluding carboxylic acids is 1. The third-order valence-electron chi connectivity index (χ3n) is 9.83. The first-order chi connectivity index (χ1) is 25.4. The summed E-state index contributed by atoms with van der Waals surface area (Å²) in [5, 5.41) is 13.0. The molecule has 0 spiro atoms. The van der Waals surface area contributed by atoms with Crippen LogP contribution >= 0.6 is 11.6 Å².